The van der Waals surface area contributed by atoms with Crippen molar-refractivity contribution in [2.75, 3.05) is 20.3 Å². The standard InChI is InChI=1S/C24H28N2O3S/c1-5-14-26-23(27)21(30-24(26)25-19-11-7-6-8-12-19)15-18-10-9-13-20(28-4)22(18)29-16-17(2)3/h6-13,15,17H,5,14,16H2,1-4H3/b21-15+,25-24?. The maximum Gasteiger partial charge on any atom is 0.266 e. The van der Waals surface area contributed by atoms with Gasteiger partial charge in [-0.05, 0) is 48.4 Å². The Morgan fingerprint density at radius 3 is 2.57 bits per heavy atom. The molecule has 2 aromatic carbocycles. The van der Waals surface area contributed by atoms with E-state index in [1.54, 1.807) is 12.0 Å². The molecule has 0 radical (unpaired) electrons. The first kappa shape index (κ1) is 22.0. The fourth-order valence-electron chi connectivity index (χ4n) is 2.98. The molecule has 1 aliphatic heterocycles. The summed E-state index contributed by atoms with van der Waals surface area (Å²) < 4.78 is 11.5. The molecule has 0 spiro atoms. The van der Waals surface area contributed by atoms with Gasteiger partial charge in [0.25, 0.3) is 5.91 Å². The predicted octanol–water partition coefficient (Wildman–Crippen LogP) is 5.74. The van der Waals surface area contributed by atoms with Crippen LogP contribution in [0.5, 0.6) is 11.5 Å². The molecule has 0 unspecified atom stereocenters. The molecule has 0 aromatic heterocycles. The lowest BCUT2D eigenvalue weighted by molar-refractivity contribution is -0.122. The van der Waals surface area contributed by atoms with Gasteiger partial charge in [-0.15, -0.1) is 0 Å². The molecule has 1 aliphatic rings. The number of rotatable bonds is 8. The van der Waals surface area contributed by atoms with E-state index in [-0.39, 0.29) is 5.91 Å². The Morgan fingerprint density at radius 1 is 1.13 bits per heavy atom. The summed E-state index contributed by atoms with van der Waals surface area (Å²) in [6, 6.07) is 15.4. The zero-order chi connectivity index (χ0) is 21.5. The van der Waals surface area contributed by atoms with Gasteiger partial charge in [-0.2, -0.15) is 0 Å². The van der Waals surface area contributed by atoms with Gasteiger partial charge < -0.3 is 9.47 Å². The maximum atomic E-state index is 13.1. The molecule has 0 atom stereocenters. The average molecular weight is 425 g/mol. The molecule has 1 fully saturated rings. The van der Waals surface area contributed by atoms with Crippen LogP contribution in [-0.4, -0.2) is 36.2 Å². The van der Waals surface area contributed by atoms with Crippen molar-refractivity contribution in [3.8, 4) is 11.5 Å². The first-order valence-corrected chi connectivity index (χ1v) is 11.0. The number of carbonyl (C=O) groups is 1. The molecule has 6 heteroatoms. The van der Waals surface area contributed by atoms with E-state index in [1.807, 2.05) is 54.6 Å². The Bertz CT molecular complexity index is 939. The molecule has 0 bridgehead atoms. The van der Waals surface area contributed by atoms with Gasteiger partial charge in [-0.25, -0.2) is 4.99 Å². The summed E-state index contributed by atoms with van der Waals surface area (Å²) >= 11 is 1.39. The molecule has 1 saturated heterocycles. The van der Waals surface area contributed by atoms with Crippen molar-refractivity contribution in [1.29, 1.82) is 0 Å². The third kappa shape index (κ3) is 5.25. The van der Waals surface area contributed by atoms with Crippen LogP contribution in [-0.2, 0) is 4.79 Å². The van der Waals surface area contributed by atoms with Crippen molar-refractivity contribution in [2.45, 2.75) is 27.2 Å². The summed E-state index contributed by atoms with van der Waals surface area (Å²) in [6.07, 6.45) is 2.73. The lowest BCUT2D eigenvalue weighted by Crippen LogP contribution is -2.29. The topological polar surface area (TPSA) is 51.1 Å². The maximum absolute atomic E-state index is 13.1. The fourth-order valence-corrected chi connectivity index (χ4v) is 3.99. The van der Waals surface area contributed by atoms with E-state index >= 15 is 0 Å². The van der Waals surface area contributed by atoms with Crippen molar-refractivity contribution >= 4 is 34.6 Å². The summed E-state index contributed by atoms with van der Waals surface area (Å²) in [5.41, 5.74) is 1.65. The van der Waals surface area contributed by atoms with Crippen molar-refractivity contribution in [2.24, 2.45) is 10.9 Å². The predicted molar refractivity (Wildman–Crippen MR) is 124 cm³/mol. The smallest absolute Gasteiger partial charge is 0.266 e. The lowest BCUT2D eigenvalue weighted by Gasteiger charge is -2.15. The quantitative estimate of drug-likeness (QED) is 0.507. The highest BCUT2D eigenvalue weighted by molar-refractivity contribution is 8.18. The number of ether oxygens (including phenoxy) is 2. The summed E-state index contributed by atoms with van der Waals surface area (Å²) in [6.45, 7) is 7.45. The lowest BCUT2D eigenvalue weighted by atomic mass is 10.1. The second-order valence-electron chi connectivity index (χ2n) is 7.38. The summed E-state index contributed by atoms with van der Waals surface area (Å²) in [5.74, 6) is 1.66. The number of aliphatic imine (C=N–C) groups is 1. The van der Waals surface area contributed by atoms with E-state index in [9.17, 15) is 4.79 Å². The highest BCUT2D eigenvalue weighted by Crippen LogP contribution is 2.38. The van der Waals surface area contributed by atoms with Gasteiger partial charge in [0.1, 0.15) is 0 Å². The molecular weight excluding hydrogens is 396 g/mol. The van der Waals surface area contributed by atoms with E-state index in [1.165, 1.54) is 11.8 Å². The highest BCUT2D eigenvalue weighted by atomic mass is 32.2. The van der Waals surface area contributed by atoms with Crippen LogP contribution in [0, 0.1) is 5.92 Å². The summed E-state index contributed by atoms with van der Waals surface area (Å²) in [4.78, 5) is 20.2. The van der Waals surface area contributed by atoms with Gasteiger partial charge >= 0.3 is 0 Å². The molecule has 30 heavy (non-hydrogen) atoms. The molecule has 158 valence electrons. The first-order chi connectivity index (χ1) is 14.5. The van der Waals surface area contributed by atoms with Gasteiger partial charge in [0.15, 0.2) is 16.7 Å². The Kier molecular flexibility index (Phi) is 7.57. The SMILES string of the molecule is CCCN1C(=O)/C(=C\c2cccc(OC)c2OCC(C)C)SC1=Nc1ccccc1. The van der Waals surface area contributed by atoms with Gasteiger partial charge in [0.05, 0.1) is 24.3 Å². The van der Waals surface area contributed by atoms with Crippen LogP contribution in [0.25, 0.3) is 6.08 Å². The Morgan fingerprint density at radius 2 is 1.90 bits per heavy atom. The van der Waals surface area contributed by atoms with Gasteiger partial charge in [0.2, 0.25) is 0 Å². The zero-order valence-electron chi connectivity index (χ0n) is 17.9. The Labute approximate surface area is 182 Å². The zero-order valence-corrected chi connectivity index (χ0v) is 18.7. The van der Waals surface area contributed by atoms with Crippen molar-refractivity contribution in [1.82, 2.24) is 4.90 Å². The number of benzene rings is 2. The normalized spacial score (nSPS) is 16.7. The Balaban J connectivity index is 1.97. The molecule has 2 aromatic rings. The van der Waals surface area contributed by atoms with E-state index in [0.29, 0.717) is 40.6 Å². The number of hydrogen-bond acceptors (Lipinski definition) is 5. The fraction of sp³-hybridized carbons (Fsp3) is 0.333. The van der Waals surface area contributed by atoms with Crippen molar-refractivity contribution in [3.05, 3.63) is 59.0 Å². The minimum absolute atomic E-state index is 0.0332. The van der Waals surface area contributed by atoms with Crippen LogP contribution < -0.4 is 9.47 Å². The third-order valence-corrected chi connectivity index (χ3v) is 5.40. The number of carbonyl (C=O) groups excluding carboxylic acids is 1. The highest BCUT2D eigenvalue weighted by Gasteiger charge is 2.33. The number of thioether (sulfide) groups is 1. The van der Waals surface area contributed by atoms with E-state index in [2.05, 4.69) is 20.8 Å². The number of nitrogens with zero attached hydrogens (tertiary/aromatic N) is 2. The van der Waals surface area contributed by atoms with Crippen molar-refractivity contribution < 1.29 is 14.3 Å². The number of amidine groups is 1. The van der Waals surface area contributed by atoms with Crippen LogP contribution in [0.3, 0.4) is 0 Å². The minimum Gasteiger partial charge on any atom is -0.493 e. The van der Waals surface area contributed by atoms with Crippen LogP contribution in [0.2, 0.25) is 0 Å². The molecule has 0 saturated carbocycles. The number of para-hydroxylation sites is 2. The van der Waals surface area contributed by atoms with Gasteiger partial charge in [0, 0.05) is 12.1 Å². The monoisotopic (exact) mass is 424 g/mol. The molecule has 3 rings (SSSR count). The van der Waals surface area contributed by atoms with Crippen LogP contribution in [0.15, 0.2) is 58.4 Å². The second kappa shape index (κ2) is 10.3. The number of amides is 1. The molecule has 1 heterocycles. The summed E-state index contributed by atoms with van der Waals surface area (Å²) in [7, 11) is 1.62. The van der Waals surface area contributed by atoms with E-state index in [0.717, 1.165) is 17.7 Å². The first-order valence-electron chi connectivity index (χ1n) is 10.2. The molecule has 0 N–H and O–H groups in total. The minimum atomic E-state index is -0.0332. The van der Waals surface area contributed by atoms with E-state index in [4.69, 9.17) is 14.5 Å². The number of hydrogen-bond donors (Lipinski definition) is 0. The van der Waals surface area contributed by atoms with E-state index < -0.39 is 0 Å². The third-order valence-electron chi connectivity index (χ3n) is 4.39. The van der Waals surface area contributed by atoms with Crippen molar-refractivity contribution in [3.63, 3.8) is 0 Å². The molecule has 1 amide bonds. The van der Waals surface area contributed by atoms with Crippen LogP contribution >= 0.6 is 11.8 Å². The van der Waals surface area contributed by atoms with Crippen LogP contribution in [0.1, 0.15) is 32.8 Å². The largest absolute Gasteiger partial charge is 0.493 e. The molecule has 5 nitrogen and oxygen atoms in total. The number of methoxy groups -OCH3 is 1. The average Bonchev–Trinajstić information content (AvgIpc) is 3.02. The van der Waals surface area contributed by atoms with Gasteiger partial charge in [-0.3, -0.25) is 9.69 Å². The molecule has 0 aliphatic carbocycles. The Hall–Kier alpha value is -2.73. The second-order valence-corrected chi connectivity index (χ2v) is 8.39. The van der Waals surface area contributed by atoms with Gasteiger partial charge in [-0.1, -0.05) is 51.1 Å². The van der Waals surface area contributed by atoms with Crippen LogP contribution in [0.4, 0.5) is 5.69 Å². The summed E-state index contributed by atoms with van der Waals surface area (Å²) in [5, 5.41) is 0.701. The molecular formula is C24H28N2O3S.